The fraction of sp³-hybridized carbons (Fsp3) is 0.167. The lowest BCUT2D eigenvalue weighted by molar-refractivity contribution is -0.112. The summed E-state index contributed by atoms with van der Waals surface area (Å²) >= 11 is 1.30. The summed E-state index contributed by atoms with van der Waals surface area (Å²) < 4.78 is 17.4. The number of carbonyl (C=O) groups excluding carboxylic acids is 1. The van der Waals surface area contributed by atoms with Gasteiger partial charge in [0, 0.05) is 10.9 Å². The Hall–Kier alpha value is -4.61. The Balaban J connectivity index is 1.40. The lowest BCUT2D eigenvalue weighted by Crippen LogP contribution is -2.13. The average Bonchev–Trinajstić information content (AvgIpc) is 3.40. The summed E-state index contributed by atoms with van der Waals surface area (Å²) in [5.74, 6) is 1.32. The van der Waals surface area contributed by atoms with E-state index in [1.807, 2.05) is 79.9 Å². The van der Waals surface area contributed by atoms with Crippen molar-refractivity contribution in [2.75, 3.05) is 25.1 Å². The van der Waals surface area contributed by atoms with Gasteiger partial charge < -0.3 is 14.2 Å². The molecule has 0 saturated heterocycles. The van der Waals surface area contributed by atoms with Crippen molar-refractivity contribution in [2.24, 2.45) is 0 Å². The molecule has 0 unspecified atom stereocenters. The maximum atomic E-state index is 12.8. The number of aryl methyl sites for hydroxylation is 1. The summed E-state index contributed by atoms with van der Waals surface area (Å²) in [6.07, 6.45) is 1.51. The minimum atomic E-state index is -0.534. The Morgan fingerprint density at radius 3 is 2.58 bits per heavy atom. The molecule has 1 aromatic heterocycles. The van der Waals surface area contributed by atoms with Crippen molar-refractivity contribution in [2.45, 2.75) is 13.8 Å². The number of carbonyl (C=O) groups is 1. The van der Waals surface area contributed by atoms with Gasteiger partial charge in [0.1, 0.15) is 30.6 Å². The molecule has 4 aromatic rings. The first-order valence-corrected chi connectivity index (χ1v) is 13.0. The monoisotopic (exact) mass is 525 g/mol. The summed E-state index contributed by atoms with van der Waals surface area (Å²) in [7, 11) is 0. The molecule has 0 aliphatic carbocycles. The second-order valence-electron chi connectivity index (χ2n) is 8.18. The predicted molar refractivity (Wildman–Crippen MR) is 150 cm³/mol. The average molecular weight is 526 g/mol. The molecule has 192 valence electrons. The minimum absolute atomic E-state index is 0.0517. The van der Waals surface area contributed by atoms with Gasteiger partial charge in [0.2, 0.25) is 0 Å². The quantitative estimate of drug-likeness (QED) is 0.136. The van der Waals surface area contributed by atoms with E-state index in [1.165, 1.54) is 17.4 Å². The Bertz CT molecular complexity index is 1460. The molecule has 0 spiro atoms. The van der Waals surface area contributed by atoms with Crippen LogP contribution in [0.5, 0.6) is 17.2 Å². The number of rotatable bonds is 11. The van der Waals surface area contributed by atoms with Gasteiger partial charge in [-0.15, -0.1) is 11.3 Å². The molecule has 0 bridgehead atoms. The number of hydrogen-bond acceptors (Lipinski definition) is 7. The molecule has 7 nitrogen and oxygen atoms in total. The van der Waals surface area contributed by atoms with E-state index in [2.05, 4.69) is 10.3 Å². The predicted octanol–water partition coefficient (Wildman–Crippen LogP) is 6.52. The summed E-state index contributed by atoms with van der Waals surface area (Å²) in [6, 6.07) is 24.7. The van der Waals surface area contributed by atoms with Gasteiger partial charge in [-0.25, -0.2) is 4.98 Å². The van der Waals surface area contributed by atoms with Gasteiger partial charge in [0.05, 0.1) is 12.3 Å². The van der Waals surface area contributed by atoms with Crippen LogP contribution in [-0.2, 0) is 4.79 Å². The van der Waals surface area contributed by atoms with Crippen LogP contribution in [0.3, 0.4) is 0 Å². The highest BCUT2D eigenvalue weighted by Gasteiger charge is 2.14. The fourth-order valence-corrected chi connectivity index (χ4v) is 4.29. The Morgan fingerprint density at radius 1 is 1.00 bits per heavy atom. The third-order valence-electron chi connectivity index (χ3n) is 5.34. The zero-order valence-corrected chi connectivity index (χ0v) is 22.0. The lowest BCUT2D eigenvalue weighted by atomic mass is 10.1. The number of nitriles is 1. The Labute approximate surface area is 226 Å². The molecule has 4 rings (SSSR count). The van der Waals surface area contributed by atoms with E-state index >= 15 is 0 Å². The van der Waals surface area contributed by atoms with Crippen LogP contribution in [0, 0.1) is 18.3 Å². The van der Waals surface area contributed by atoms with E-state index in [0.717, 1.165) is 22.6 Å². The number of thiazole rings is 1. The van der Waals surface area contributed by atoms with Crippen molar-refractivity contribution in [1.82, 2.24) is 4.98 Å². The van der Waals surface area contributed by atoms with Crippen LogP contribution < -0.4 is 19.5 Å². The van der Waals surface area contributed by atoms with Crippen molar-refractivity contribution < 1.29 is 19.0 Å². The number of nitrogens with zero attached hydrogens (tertiary/aromatic N) is 2. The molecule has 1 amide bonds. The number of hydrogen-bond donors (Lipinski definition) is 1. The van der Waals surface area contributed by atoms with Crippen LogP contribution in [0.2, 0.25) is 0 Å². The maximum absolute atomic E-state index is 12.8. The largest absolute Gasteiger partial charge is 0.490 e. The highest BCUT2D eigenvalue weighted by atomic mass is 32.1. The van der Waals surface area contributed by atoms with Gasteiger partial charge >= 0.3 is 0 Å². The molecule has 0 fully saturated rings. The first kappa shape index (κ1) is 26.5. The van der Waals surface area contributed by atoms with E-state index in [0.29, 0.717) is 42.0 Å². The number of ether oxygens (including phenoxy) is 3. The number of nitrogens with one attached hydrogen (secondary N) is 1. The minimum Gasteiger partial charge on any atom is -0.490 e. The topological polar surface area (TPSA) is 93.5 Å². The zero-order chi connectivity index (χ0) is 26.7. The van der Waals surface area contributed by atoms with Crippen LogP contribution in [0.4, 0.5) is 5.13 Å². The highest BCUT2D eigenvalue weighted by molar-refractivity contribution is 7.14. The van der Waals surface area contributed by atoms with Gasteiger partial charge in [-0.1, -0.05) is 48.5 Å². The molecule has 0 atom stereocenters. The number of benzene rings is 3. The SMILES string of the molecule is CCOc1cc(/C=C(/C#N)C(=O)Nc2nc(-c3ccccc3)cs2)ccc1OCCOc1cccc(C)c1. The number of aromatic nitrogens is 1. The molecule has 0 saturated carbocycles. The summed E-state index contributed by atoms with van der Waals surface area (Å²) in [5, 5.41) is 14.6. The number of anilines is 1. The van der Waals surface area contributed by atoms with Crippen molar-refractivity contribution in [3.8, 4) is 34.6 Å². The van der Waals surface area contributed by atoms with E-state index < -0.39 is 5.91 Å². The first-order valence-electron chi connectivity index (χ1n) is 12.1. The second kappa shape index (κ2) is 13.1. The van der Waals surface area contributed by atoms with Crippen LogP contribution in [-0.4, -0.2) is 30.7 Å². The second-order valence-corrected chi connectivity index (χ2v) is 9.04. The van der Waals surface area contributed by atoms with Crippen molar-refractivity contribution in [3.05, 3.63) is 94.9 Å². The van der Waals surface area contributed by atoms with Crippen LogP contribution in [0.1, 0.15) is 18.1 Å². The molecule has 3 aromatic carbocycles. The Kier molecular flexibility index (Phi) is 9.11. The molecular weight excluding hydrogens is 498 g/mol. The van der Waals surface area contributed by atoms with Gasteiger partial charge in [-0.2, -0.15) is 5.26 Å². The van der Waals surface area contributed by atoms with E-state index in [-0.39, 0.29) is 5.57 Å². The highest BCUT2D eigenvalue weighted by Crippen LogP contribution is 2.30. The summed E-state index contributed by atoms with van der Waals surface area (Å²) in [6.45, 7) is 5.02. The van der Waals surface area contributed by atoms with Crippen LogP contribution >= 0.6 is 11.3 Å². The third kappa shape index (κ3) is 7.21. The molecular formula is C30H27N3O4S. The summed E-state index contributed by atoms with van der Waals surface area (Å²) in [4.78, 5) is 17.2. The number of amides is 1. The van der Waals surface area contributed by atoms with E-state index in [9.17, 15) is 10.1 Å². The normalized spacial score (nSPS) is 10.9. The molecule has 0 radical (unpaired) electrons. The van der Waals surface area contributed by atoms with Crippen LogP contribution in [0.25, 0.3) is 17.3 Å². The fourth-order valence-electron chi connectivity index (χ4n) is 3.57. The van der Waals surface area contributed by atoms with E-state index in [1.54, 1.807) is 18.2 Å². The standard InChI is InChI=1S/C30H27N3O4S/c1-3-35-28-18-22(12-13-27(28)37-15-14-36-25-11-7-8-21(2)16-25)17-24(19-31)29(34)33-30-32-26(20-38-30)23-9-5-4-6-10-23/h4-13,16-18,20H,3,14-15H2,1-2H3,(H,32,33,34)/b24-17-. The van der Waals surface area contributed by atoms with E-state index in [4.69, 9.17) is 14.2 Å². The first-order chi connectivity index (χ1) is 18.6. The van der Waals surface area contributed by atoms with Crippen molar-refractivity contribution in [3.63, 3.8) is 0 Å². The lowest BCUT2D eigenvalue weighted by Gasteiger charge is -2.13. The maximum Gasteiger partial charge on any atom is 0.268 e. The molecule has 0 aliphatic rings. The molecule has 8 heteroatoms. The molecule has 0 aliphatic heterocycles. The van der Waals surface area contributed by atoms with Gasteiger partial charge in [0.25, 0.3) is 5.91 Å². The summed E-state index contributed by atoms with van der Waals surface area (Å²) in [5.41, 5.74) is 3.42. The van der Waals surface area contributed by atoms with Gasteiger partial charge in [-0.05, 0) is 55.3 Å². The third-order valence-corrected chi connectivity index (χ3v) is 6.09. The van der Waals surface area contributed by atoms with Gasteiger partial charge in [0.15, 0.2) is 16.6 Å². The van der Waals surface area contributed by atoms with Crippen molar-refractivity contribution >= 4 is 28.5 Å². The smallest absolute Gasteiger partial charge is 0.268 e. The molecule has 38 heavy (non-hydrogen) atoms. The van der Waals surface area contributed by atoms with Crippen molar-refractivity contribution in [1.29, 1.82) is 5.26 Å². The van der Waals surface area contributed by atoms with Gasteiger partial charge in [-0.3, -0.25) is 10.1 Å². The zero-order valence-electron chi connectivity index (χ0n) is 21.1. The van der Waals surface area contributed by atoms with Crippen LogP contribution in [0.15, 0.2) is 83.7 Å². The Morgan fingerprint density at radius 2 is 1.82 bits per heavy atom. The molecule has 1 heterocycles. The molecule has 1 N–H and O–H groups in total.